The number of aliphatic hydroxyl groups is 1. The summed E-state index contributed by atoms with van der Waals surface area (Å²) in [5.74, 6) is 1.59. The molecule has 0 aliphatic carbocycles. The van der Waals surface area contributed by atoms with E-state index in [2.05, 4.69) is 15.3 Å². The zero-order valence-corrected chi connectivity index (χ0v) is 22.2. The summed E-state index contributed by atoms with van der Waals surface area (Å²) in [6.45, 7) is 0.327. The molecule has 37 heavy (non-hydrogen) atoms. The maximum atomic E-state index is 12.2. The highest BCUT2D eigenvalue weighted by Crippen LogP contribution is 2.39. The van der Waals surface area contributed by atoms with Crippen molar-refractivity contribution in [2.24, 2.45) is 0 Å². The maximum Gasteiger partial charge on any atom is 0.466 e. The third kappa shape index (κ3) is 8.15. The van der Waals surface area contributed by atoms with Gasteiger partial charge in [-0.15, -0.1) is 0 Å². The molecule has 15 heteroatoms. The molecule has 0 fully saturated rings. The van der Waals surface area contributed by atoms with Gasteiger partial charge in [0.15, 0.2) is 0 Å². The van der Waals surface area contributed by atoms with Crippen LogP contribution in [0.4, 0.5) is 16.3 Å². The van der Waals surface area contributed by atoms with Crippen LogP contribution in [0.15, 0.2) is 30.6 Å². The van der Waals surface area contributed by atoms with Gasteiger partial charge in [-0.25, -0.2) is 19.3 Å². The Morgan fingerprint density at radius 3 is 2.35 bits per heavy atom. The van der Waals surface area contributed by atoms with Crippen molar-refractivity contribution in [1.29, 1.82) is 0 Å². The summed E-state index contributed by atoms with van der Waals surface area (Å²) < 4.78 is 24.5. The van der Waals surface area contributed by atoms with Crippen LogP contribution >= 0.6 is 19.4 Å². The van der Waals surface area contributed by atoms with Gasteiger partial charge in [-0.2, -0.15) is 0 Å². The molecule has 13 nitrogen and oxygen atoms in total. The lowest BCUT2D eigenvalue weighted by molar-refractivity contribution is 0.180. The van der Waals surface area contributed by atoms with E-state index in [1.807, 2.05) is 12.1 Å². The fourth-order valence-corrected chi connectivity index (χ4v) is 3.72. The summed E-state index contributed by atoms with van der Waals surface area (Å²) in [5, 5.41) is 14.1. The molecular weight excluding hydrogens is 531 g/mol. The number of ether oxygens (including phenoxy) is 3. The van der Waals surface area contributed by atoms with Gasteiger partial charge in [0.1, 0.15) is 23.6 Å². The number of carbonyl (C=O) groups excluding carboxylic acids is 1. The first-order valence-electron chi connectivity index (χ1n) is 10.6. The maximum absolute atomic E-state index is 12.2. The first-order valence-corrected chi connectivity index (χ1v) is 12.5. The van der Waals surface area contributed by atoms with Gasteiger partial charge in [-0.05, 0) is 23.8 Å². The number of aromatic nitrogens is 2. The number of amides is 1. The average molecular weight is 559 g/mol. The second kappa shape index (κ2) is 13.4. The van der Waals surface area contributed by atoms with Crippen molar-refractivity contribution < 1.29 is 43.4 Å². The van der Waals surface area contributed by atoms with E-state index in [-0.39, 0.29) is 13.0 Å². The Balaban J connectivity index is 0.000000877. The number of anilines is 2. The predicted molar refractivity (Wildman–Crippen MR) is 137 cm³/mol. The number of fused-ring (bicyclic) bond motifs is 1. The van der Waals surface area contributed by atoms with Crippen molar-refractivity contribution >= 4 is 47.9 Å². The Bertz CT molecular complexity index is 1280. The van der Waals surface area contributed by atoms with E-state index in [0.717, 1.165) is 5.56 Å². The number of hydrogen-bond acceptors (Lipinski definition) is 9. The lowest BCUT2D eigenvalue weighted by Gasteiger charge is -2.22. The van der Waals surface area contributed by atoms with E-state index in [0.29, 0.717) is 51.0 Å². The number of rotatable bonds is 8. The van der Waals surface area contributed by atoms with Crippen LogP contribution in [0.3, 0.4) is 0 Å². The number of benzene rings is 2. The quantitative estimate of drug-likeness (QED) is 0.255. The summed E-state index contributed by atoms with van der Waals surface area (Å²) in [5.41, 5.74) is 2.68. The lowest BCUT2D eigenvalue weighted by atomic mass is 10.0. The molecule has 0 radical (unpaired) electrons. The zero-order valence-electron chi connectivity index (χ0n) is 20.5. The normalized spacial score (nSPS) is 10.8. The summed E-state index contributed by atoms with van der Waals surface area (Å²) in [6.07, 6.45) is 1.17. The summed E-state index contributed by atoms with van der Waals surface area (Å²) in [6, 6.07) is 7.27. The van der Waals surface area contributed by atoms with Crippen LogP contribution in [0.1, 0.15) is 11.1 Å². The van der Waals surface area contributed by atoms with E-state index in [4.69, 9.17) is 45.1 Å². The molecule has 0 spiro atoms. The van der Waals surface area contributed by atoms with Crippen LogP contribution in [0.25, 0.3) is 10.9 Å². The van der Waals surface area contributed by atoms with Crippen molar-refractivity contribution in [2.45, 2.75) is 13.0 Å². The van der Waals surface area contributed by atoms with Crippen LogP contribution in [-0.4, -0.2) is 70.8 Å². The molecule has 3 aromatic rings. The molecular formula is C22H28ClN4O9P. The van der Waals surface area contributed by atoms with Crippen molar-refractivity contribution in [1.82, 2.24) is 9.97 Å². The number of methoxy groups -OCH3 is 3. The molecule has 0 bridgehead atoms. The molecule has 0 unspecified atom stereocenters. The Labute approximate surface area is 217 Å². The molecule has 0 saturated heterocycles. The monoisotopic (exact) mass is 558 g/mol. The topological polar surface area (TPSA) is 184 Å². The van der Waals surface area contributed by atoms with Gasteiger partial charge < -0.3 is 39.3 Å². The third-order valence-corrected chi connectivity index (χ3v) is 5.30. The molecule has 2 aromatic carbocycles. The molecule has 0 atom stereocenters. The second-order valence-corrected chi connectivity index (χ2v) is 8.80. The first kappa shape index (κ1) is 30.0. The van der Waals surface area contributed by atoms with Crippen LogP contribution in [0.2, 0.25) is 5.02 Å². The molecule has 202 valence electrons. The van der Waals surface area contributed by atoms with E-state index < -0.39 is 13.9 Å². The van der Waals surface area contributed by atoms with Gasteiger partial charge >= 0.3 is 13.9 Å². The number of nitrogens with one attached hydrogen (secondary N) is 1. The summed E-state index contributed by atoms with van der Waals surface area (Å²) in [7, 11) is 1.31. The van der Waals surface area contributed by atoms with E-state index >= 15 is 0 Å². The minimum absolute atomic E-state index is 0.117. The number of aliphatic hydroxyl groups excluding tert-OH is 1. The zero-order chi connectivity index (χ0) is 27.8. The van der Waals surface area contributed by atoms with Gasteiger partial charge in [0.25, 0.3) is 0 Å². The number of nitrogens with zero attached hydrogens (tertiary/aromatic N) is 3. The van der Waals surface area contributed by atoms with Crippen molar-refractivity contribution in [3.63, 3.8) is 0 Å². The summed E-state index contributed by atoms with van der Waals surface area (Å²) >= 11 is 6.23. The van der Waals surface area contributed by atoms with Crippen molar-refractivity contribution in [3.05, 3.63) is 46.7 Å². The highest BCUT2D eigenvalue weighted by Gasteiger charge is 2.23. The number of hydrogen-bond donors (Lipinski definition) is 5. The first-order chi connectivity index (χ1) is 17.4. The number of carbonyl (C=O) groups is 1. The minimum atomic E-state index is -4.64. The van der Waals surface area contributed by atoms with E-state index in [9.17, 15) is 9.90 Å². The Hall–Kier alpha value is -3.19. The highest BCUT2D eigenvalue weighted by atomic mass is 35.5. The number of phosphoric acid groups is 1. The fourth-order valence-electron chi connectivity index (χ4n) is 3.44. The molecule has 5 N–H and O–H groups in total. The van der Waals surface area contributed by atoms with Gasteiger partial charge in [-0.3, -0.25) is 4.90 Å². The SMILES string of the molecule is COC(=O)N(C)c1cc2c(NCc3ccc(OC)c(Cl)c3)ncnc2c(CCO)c1OC.O=P(O)(O)O. The van der Waals surface area contributed by atoms with Gasteiger partial charge in [0.2, 0.25) is 0 Å². The Morgan fingerprint density at radius 2 is 1.81 bits per heavy atom. The predicted octanol–water partition coefficient (Wildman–Crippen LogP) is 2.72. The molecule has 0 aliphatic rings. The van der Waals surface area contributed by atoms with Gasteiger partial charge in [-0.1, -0.05) is 17.7 Å². The van der Waals surface area contributed by atoms with Crippen LogP contribution in [0.5, 0.6) is 11.5 Å². The Kier molecular flexibility index (Phi) is 10.9. The van der Waals surface area contributed by atoms with E-state index in [1.54, 1.807) is 26.3 Å². The number of halogens is 1. The van der Waals surface area contributed by atoms with Gasteiger partial charge in [0.05, 0.1) is 37.6 Å². The molecule has 1 heterocycles. The minimum Gasteiger partial charge on any atom is -0.495 e. The lowest BCUT2D eigenvalue weighted by Crippen LogP contribution is -2.26. The van der Waals surface area contributed by atoms with Crippen molar-refractivity contribution in [3.8, 4) is 11.5 Å². The average Bonchev–Trinajstić information content (AvgIpc) is 2.85. The standard InChI is InChI=1S/C22H25ClN4O5.H3O4P/c1-27(22(29)32-4)17-10-15-19(14(7-8-28)20(17)31-3)25-12-26-21(15)24-11-13-5-6-18(30-2)16(23)9-13;1-5(2,3)4/h5-6,9-10,12,28H,7-8,11H2,1-4H3,(H,24,25,26);(H3,1,2,3,4). The van der Waals surface area contributed by atoms with Gasteiger partial charge in [0, 0.05) is 37.6 Å². The summed E-state index contributed by atoms with van der Waals surface area (Å²) in [4.78, 5) is 43.9. The fraction of sp³-hybridized carbons (Fsp3) is 0.318. The smallest absolute Gasteiger partial charge is 0.466 e. The van der Waals surface area contributed by atoms with Crippen LogP contribution < -0.4 is 19.7 Å². The van der Waals surface area contributed by atoms with Crippen LogP contribution in [-0.2, 0) is 22.3 Å². The van der Waals surface area contributed by atoms with E-state index in [1.165, 1.54) is 25.4 Å². The highest BCUT2D eigenvalue weighted by molar-refractivity contribution is 7.45. The molecule has 0 saturated carbocycles. The third-order valence-electron chi connectivity index (χ3n) is 5.01. The molecule has 3 rings (SSSR count). The molecule has 0 aliphatic heterocycles. The second-order valence-electron chi connectivity index (χ2n) is 7.36. The largest absolute Gasteiger partial charge is 0.495 e. The molecule has 1 amide bonds. The Morgan fingerprint density at radius 1 is 1.14 bits per heavy atom. The molecule has 1 aromatic heterocycles. The van der Waals surface area contributed by atoms with Crippen LogP contribution in [0, 0.1) is 0 Å². The van der Waals surface area contributed by atoms with Crippen molar-refractivity contribution in [2.75, 3.05) is 45.2 Å².